The maximum absolute atomic E-state index is 5.75. The van der Waals surface area contributed by atoms with Gasteiger partial charge in [0.05, 0.1) is 4.88 Å². The van der Waals surface area contributed by atoms with E-state index >= 15 is 0 Å². The van der Waals surface area contributed by atoms with Crippen LogP contribution in [0.15, 0.2) is 53.0 Å². The fourth-order valence-electron chi connectivity index (χ4n) is 2.28. The summed E-state index contributed by atoms with van der Waals surface area (Å²) in [5.74, 6) is 2.41. The summed E-state index contributed by atoms with van der Waals surface area (Å²) in [5.41, 5.74) is 0. The third kappa shape index (κ3) is 2.89. The molecule has 22 heavy (non-hydrogen) atoms. The molecule has 1 aromatic carbocycles. The largest absolute Gasteiger partial charge is 0.483 e. The average molecular weight is 329 g/mol. The summed E-state index contributed by atoms with van der Waals surface area (Å²) in [5, 5.41) is 11.8. The van der Waals surface area contributed by atoms with Crippen molar-refractivity contribution in [3.05, 3.63) is 47.8 Å². The summed E-state index contributed by atoms with van der Waals surface area (Å²) in [6.45, 7) is 0. The Morgan fingerprint density at radius 3 is 2.73 bits per heavy atom. The van der Waals surface area contributed by atoms with Crippen molar-refractivity contribution in [3.63, 3.8) is 0 Å². The second-order valence-corrected chi connectivity index (χ2v) is 6.94. The normalized spacial score (nSPS) is 14.2. The molecule has 112 valence electrons. The number of hydrogen-bond donors (Lipinski definition) is 0. The van der Waals surface area contributed by atoms with Gasteiger partial charge in [0.25, 0.3) is 0 Å². The van der Waals surface area contributed by atoms with Gasteiger partial charge in [-0.1, -0.05) is 24.3 Å². The van der Waals surface area contributed by atoms with Crippen molar-refractivity contribution in [2.45, 2.75) is 24.0 Å². The lowest BCUT2D eigenvalue weighted by atomic mass is 10.3. The second-order valence-electron chi connectivity index (χ2n) is 5.10. The van der Waals surface area contributed by atoms with Gasteiger partial charge in [-0.15, -0.1) is 21.5 Å². The summed E-state index contributed by atoms with van der Waals surface area (Å²) in [4.78, 5) is 1.18. The van der Waals surface area contributed by atoms with E-state index in [0.717, 1.165) is 16.7 Å². The Hall–Kier alpha value is -1.79. The molecule has 2 aromatic heterocycles. The first-order valence-corrected chi connectivity index (χ1v) is 9.08. The van der Waals surface area contributed by atoms with Crippen LogP contribution in [0.2, 0.25) is 0 Å². The molecular formula is C16H15N3OS2. The standard InChI is InChI=1S/C16H15N3OS2/c1-2-5-13(6-3-1)20-11-22-16-18-17-15(14-7-4-10-21-14)19(16)12-8-9-12/h1-7,10,12H,8-9,11H2. The molecular weight excluding hydrogens is 314 g/mol. The second kappa shape index (κ2) is 6.14. The van der Waals surface area contributed by atoms with E-state index in [9.17, 15) is 0 Å². The van der Waals surface area contributed by atoms with Crippen LogP contribution in [0.1, 0.15) is 18.9 Å². The Kier molecular flexibility index (Phi) is 3.86. The van der Waals surface area contributed by atoms with E-state index in [4.69, 9.17) is 4.74 Å². The molecule has 1 aliphatic rings. The van der Waals surface area contributed by atoms with Gasteiger partial charge in [-0.05, 0) is 48.2 Å². The van der Waals surface area contributed by atoms with Crippen molar-refractivity contribution < 1.29 is 4.74 Å². The van der Waals surface area contributed by atoms with Gasteiger partial charge in [-0.2, -0.15) is 0 Å². The first-order valence-electron chi connectivity index (χ1n) is 7.21. The summed E-state index contributed by atoms with van der Waals surface area (Å²) < 4.78 is 8.02. The van der Waals surface area contributed by atoms with Gasteiger partial charge in [0.2, 0.25) is 0 Å². The number of hydrogen-bond acceptors (Lipinski definition) is 5. The van der Waals surface area contributed by atoms with Crippen LogP contribution >= 0.6 is 23.1 Å². The quantitative estimate of drug-likeness (QED) is 0.494. The van der Waals surface area contributed by atoms with Crippen molar-refractivity contribution in [2.24, 2.45) is 0 Å². The Morgan fingerprint density at radius 2 is 2.00 bits per heavy atom. The molecule has 0 unspecified atom stereocenters. The van der Waals surface area contributed by atoms with Crippen molar-refractivity contribution >= 4 is 23.1 Å². The zero-order valence-corrected chi connectivity index (χ0v) is 13.5. The Morgan fingerprint density at radius 1 is 1.14 bits per heavy atom. The lowest BCUT2D eigenvalue weighted by Crippen LogP contribution is -2.01. The highest BCUT2D eigenvalue weighted by molar-refractivity contribution is 7.99. The summed E-state index contributed by atoms with van der Waals surface area (Å²) >= 11 is 3.31. The van der Waals surface area contributed by atoms with E-state index < -0.39 is 0 Å². The summed E-state index contributed by atoms with van der Waals surface area (Å²) in [6, 6.07) is 14.6. The van der Waals surface area contributed by atoms with Crippen molar-refractivity contribution in [3.8, 4) is 16.5 Å². The van der Waals surface area contributed by atoms with Gasteiger partial charge < -0.3 is 4.74 Å². The molecule has 3 aromatic rings. The van der Waals surface area contributed by atoms with Gasteiger partial charge in [0.15, 0.2) is 11.0 Å². The molecule has 0 N–H and O–H groups in total. The lowest BCUT2D eigenvalue weighted by molar-refractivity contribution is 0.392. The Labute approximate surface area is 137 Å². The van der Waals surface area contributed by atoms with E-state index in [-0.39, 0.29) is 0 Å². The fourth-order valence-corrected chi connectivity index (χ4v) is 3.76. The number of rotatable bonds is 6. The molecule has 2 heterocycles. The van der Waals surface area contributed by atoms with Gasteiger partial charge in [0.1, 0.15) is 11.7 Å². The zero-order valence-electron chi connectivity index (χ0n) is 11.9. The number of ether oxygens (including phenoxy) is 1. The first kappa shape index (κ1) is 13.8. The fraction of sp³-hybridized carbons (Fsp3) is 0.250. The smallest absolute Gasteiger partial charge is 0.195 e. The average Bonchev–Trinajstić information content (AvgIpc) is 3.09. The van der Waals surface area contributed by atoms with Crippen LogP contribution in [-0.2, 0) is 0 Å². The summed E-state index contributed by atoms with van der Waals surface area (Å²) in [6.07, 6.45) is 2.42. The third-order valence-electron chi connectivity index (χ3n) is 3.47. The molecule has 0 saturated heterocycles. The first-order chi connectivity index (χ1) is 10.9. The number of benzene rings is 1. The van der Waals surface area contributed by atoms with Crippen LogP contribution in [0.5, 0.6) is 5.75 Å². The molecule has 4 rings (SSSR count). The molecule has 1 aliphatic carbocycles. The number of nitrogens with zero attached hydrogens (tertiary/aromatic N) is 3. The molecule has 1 saturated carbocycles. The monoisotopic (exact) mass is 329 g/mol. The maximum Gasteiger partial charge on any atom is 0.195 e. The lowest BCUT2D eigenvalue weighted by Gasteiger charge is -2.08. The molecule has 4 nitrogen and oxygen atoms in total. The Balaban J connectivity index is 1.50. The van der Waals surface area contributed by atoms with Crippen LogP contribution in [0.3, 0.4) is 0 Å². The molecule has 0 aliphatic heterocycles. The van der Waals surface area contributed by atoms with E-state index in [0.29, 0.717) is 12.0 Å². The van der Waals surface area contributed by atoms with Crippen LogP contribution in [-0.4, -0.2) is 20.7 Å². The highest BCUT2D eigenvalue weighted by atomic mass is 32.2. The predicted octanol–water partition coefficient (Wildman–Crippen LogP) is 4.47. The molecule has 0 bridgehead atoms. The highest BCUT2D eigenvalue weighted by Gasteiger charge is 2.30. The zero-order chi connectivity index (χ0) is 14.8. The minimum atomic E-state index is 0.541. The number of thioether (sulfide) groups is 1. The van der Waals surface area contributed by atoms with Gasteiger partial charge in [-0.3, -0.25) is 4.57 Å². The topological polar surface area (TPSA) is 39.9 Å². The molecule has 1 fully saturated rings. The van der Waals surface area contributed by atoms with Crippen LogP contribution in [0, 0.1) is 0 Å². The SMILES string of the molecule is c1ccc(OCSc2nnc(-c3cccs3)n2C2CC2)cc1. The van der Waals surface area contributed by atoms with E-state index in [1.54, 1.807) is 23.1 Å². The number of para-hydroxylation sites is 1. The van der Waals surface area contributed by atoms with E-state index in [2.05, 4.69) is 32.3 Å². The highest BCUT2D eigenvalue weighted by Crippen LogP contribution is 2.41. The Bertz CT molecular complexity index is 736. The van der Waals surface area contributed by atoms with Gasteiger partial charge >= 0.3 is 0 Å². The molecule has 6 heteroatoms. The molecule has 0 atom stereocenters. The van der Waals surface area contributed by atoms with Crippen LogP contribution < -0.4 is 4.74 Å². The van der Waals surface area contributed by atoms with Crippen LogP contribution in [0.4, 0.5) is 0 Å². The van der Waals surface area contributed by atoms with Crippen LogP contribution in [0.25, 0.3) is 10.7 Å². The predicted molar refractivity (Wildman–Crippen MR) is 89.4 cm³/mol. The maximum atomic E-state index is 5.75. The van der Waals surface area contributed by atoms with E-state index in [1.807, 2.05) is 30.3 Å². The molecule has 0 amide bonds. The van der Waals surface area contributed by atoms with E-state index in [1.165, 1.54) is 17.7 Å². The molecule has 0 spiro atoms. The van der Waals surface area contributed by atoms with Crippen molar-refractivity contribution in [2.75, 3.05) is 5.94 Å². The molecule has 0 radical (unpaired) electrons. The number of thiophene rings is 1. The van der Waals surface area contributed by atoms with Crippen molar-refractivity contribution in [1.29, 1.82) is 0 Å². The summed E-state index contributed by atoms with van der Waals surface area (Å²) in [7, 11) is 0. The third-order valence-corrected chi connectivity index (χ3v) is 5.11. The minimum Gasteiger partial charge on any atom is -0.483 e. The van der Waals surface area contributed by atoms with Crippen molar-refractivity contribution in [1.82, 2.24) is 14.8 Å². The van der Waals surface area contributed by atoms with Gasteiger partial charge in [-0.25, -0.2) is 0 Å². The minimum absolute atomic E-state index is 0.541. The number of aromatic nitrogens is 3. The van der Waals surface area contributed by atoms with Gasteiger partial charge in [0, 0.05) is 6.04 Å².